The normalized spacial score (nSPS) is 27.8. The van der Waals surface area contributed by atoms with Crippen molar-refractivity contribution < 1.29 is 9.90 Å². The summed E-state index contributed by atoms with van der Waals surface area (Å²) in [5.41, 5.74) is 0.798. The third-order valence-corrected chi connectivity index (χ3v) is 3.65. The zero-order chi connectivity index (χ0) is 12.0. The molecule has 2 aliphatic heterocycles. The summed E-state index contributed by atoms with van der Waals surface area (Å²) in [7, 11) is 0. The van der Waals surface area contributed by atoms with E-state index in [1.807, 2.05) is 35.2 Å². The number of anilines is 1. The average Bonchev–Trinajstić information content (AvgIpc) is 2.81. The van der Waals surface area contributed by atoms with Gasteiger partial charge in [-0.15, -0.1) is 0 Å². The largest absolute Gasteiger partial charge is 0.391 e. The lowest BCUT2D eigenvalue weighted by atomic mass is 10.2. The minimum atomic E-state index is -0.445. The highest BCUT2D eigenvalue weighted by Gasteiger charge is 2.48. The van der Waals surface area contributed by atoms with E-state index in [9.17, 15) is 9.90 Å². The molecule has 0 unspecified atom stereocenters. The Morgan fingerprint density at radius 3 is 2.65 bits per heavy atom. The van der Waals surface area contributed by atoms with E-state index in [1.54, 1.807) is 4.90 Å². The van der Waals surface area contributed by atoms with Crippen LogP contribution in [0.4, 0.5) is 5.69 Å². The molecule has 2 aliphatic rings. The Kier molecular flexibility index (Phi) is 2.38. The predicted molar refractivity (Wildman–Crippen MR) is 67.6 cm³/mol. The number of nitrogens with zero attached hydrogens (tertiary/aromatic N) is 2. The molecule has 5 heteroatoms. The first-order valence-electron chi connectivity index (χ1n) is 5.56. The van der Waals surface area contributed by atoms with Gasteiger partial charge in [-0.3, -0.25) is 9.69 Å². The smallest absolute Gasteiger partial charge is 0.256 e. The van der Waals surface area contributed by atoms with Crippen LogP contribution in [0, 0.1) is 0 Å². The van der Waals surface area contributed by atoms with Crippen molar-refractivity contribution >= 4 is 28.9 Å². The number of hydrogen-bond donors (Lipinski definition) is 1. The second kappa shape index (κ2) is 3.78. The van der Waals surface area contributed by atoms with Gasteiger partial charge in [0, 0.05) is 13.0 Å². The summed E-state index contributed by atoms with van der Waals surface area (Å²) < 4.78 is 0. The maximum Gasteiger partial charge on any atom is 0.256 e. The van der Waals surface area contributed by atoms with Gasteiger partial charge in [-0.05, 0) is 24.4 Å². The third-order valence-electron chi connectivity index (χ3n) is 3.24. The van der Waals surface area contributed by atoms with Crippen LogP contribution in [0.1, 0.15) is 6.42 Å². The summed E-state index contributed by atoms with van der Waals surface area (Å²) in [4.78, 5) is 15.6. The molecule has 0 aliphatic carbocycles. The zero-order valence-corrected chi connectivity index (χ0v) is 9.93. The first-order valence-corrected chi connectivity index (χ1v) is 5.97. The molecule has 17 heavy (non-hydrogen) atoms. The van der Waals surface area contributed by atoms with Crippen LogP contribution < -0.4 is 4.90 Å². The van der Waals surface area contributed by atoms with Crippen LogP contribution in [-0.4, -0.2) is 39.7 Å². The molecule has 4 nitrogen and oxygen atoms in total. The first kappa shape index (κ1) is 10.7. The molecular formula is C12H12N2O2S. The highest BCUT2D eigenvalue weighted by atomic mass is 32.1. The number of carbonyl (C=O) groups is 1. The van der Waals surface area contributed by atoms with Crippen LogP contribution in [-0.2, 0) is 4.79 Å². The van der Waals surface area contributed by atoms with Crippen LogP contribution in [0.25, 0.3) is 0 Å². The Labute approximate surface area is 104 Å². The van der Waals surface area contributed by atoms with Crippen LogP contribution in [0.5, 0.6) is 0 Å². The molecule has 0 aromatic heterocycles. The number of aliphatic hydroxyl groups is 1. The summed E-state index contributed by atoms with van der Waals surface area (Å²) >= 11 is 5.31. The van der Waals surface area contributed by atoms with Crippen molar-refractivity contribution in [2.45, 2.75) is 18.6 Å². The molecule has 88 valence electrons. The van der Waals surface area contributed by atoms with Crippen molar-refractivity contribution in [1.82, 2.24) is 4.90 Å². The topological polar surface area (TPSA) is 43.8 Å². The number of carbonyl (C=O) groups excluding carboxylic acids is 1. The van der Waals surface area contributed by atoms with Gasteiger partial charge in [0.05, 0.1) is 11.8 Å². The van der Waals surface area contributed by atoms with Crippen LogP contribution in [0.2, 0.25) is 0 Å². The minimum Gasteiger partial charge on any atom is -0.391 e. The Bertz CT molecular complexity index is 453. The molecule has 2 saturated heterocycles. The Morgan fingerprint density at radius 1 is 1.29 bits per heavy atom. The first-order chi connectivity index (χ1) is 8.18. The fourth-order valence-corrected chi connectivity index (χ4v) is 2.84. The standard InChI is InChI=1S/C12H12N2O2S/c15-9-6-10-11(16)14(12(17)13(10)7-9)8-4-2-1-3-5-8/h1-5,9-10,15H,6-7H2/t9-,10-/m1/s1. The molecule has 2 heterocycles. The van der Waals surface area contributed by atoms with E-state index >= 15 is 0 Å². The van der Waals surface area contributed by atoms with Crippen LogP contribution >= 0.6 is 12.2 Å². The minimum absolute atomic E-state index is 0.0299. The Morgan fingerprint density at radius 2 is 2.00 bits per heavy atom. The summed E-state index contributed by atoms with van der Waals surface area (Å²) in [5, 5.41) is 10.1. The van der Waals surface area contributed by atoms with E-state index in [-0.39, 0.29) is 11.9 Å². The van der Waals surface area contributed by atoms with Gasteiger partial charge in [0.1, 0.15) is 6.04 Å². The van der Waals surface area contributed by atoms with E-state index < -0.39 is 6.10 Å². The molecule has 0 spiro atoms. The van der Waals surface area contributed by atoms with Gasteiger partial charge in [-0.2, -0.15) is 0 Å². The van der Waals surface area contributed by atoms with Gasteiger partial charge >= 0.3 is 0 Å². The van der Waals surface area contributed by atoms with E-state index in [0.717, 1.165) is 5.69 Å². The molecule has 2 fully saturated rings. The number of hydrogen-bond acceptors (Lipinski definition) is 3. The number of rotatable bonds is 1. The number of fused-ring (bicyclic) bond motifs is 1. The molecule has 1 amide bonds. The highest BCUT2D eigenvalue weighted by molar-refractivity contribution is 7.80. The molecule has 1 N–H and O–H groups in total. The van der Waals surface area contributed by atoms with Gasteiger partial charge in [-0.25, -0.2) is 0 Å². The number of aliphatic hydroxyl groups excluding tert-OH is 1. The average molecular weight is 248 g/mol. The van der Waals surface area contributed by atoms with Crippen molar-refractivity contribution in [3.05, 3.63) is 30.3 Å². The second-order valence-corrected chi connectivity index (χ2v) is 4.71. The number of para-hydroxylation sites is 1. The molecule has 2 atom stereocenters. The summed E-state index contributed by atoms with van der Waals surface area (Å²) in [6.45, 7) is 0.457. The lowest BCUT2D eigenvalue weighted by Crippen LogP contribution is -2.34. The van der Waals surface area contributed by atoms with E-state index in [2.05, 4.69) is 0 Å². The Balaban J connectivity index is 1.95. The lowest BCUT2D eigenvalue weighted by molar-refractivity contribution is -0.119. The zero-order valence-electron chi connectivity index (χ0n) is 9.11. The molecule has 1 aromatic rings. The SMILES string of the molecule is O=C1[C@H]2C[C@@H](O)CN2C(=S)N1c1ccccc1. The van der Waals surface area contributed by atoms with Gasteiger partial charge in [0.25, 0.3) is 5.91 Å². The van der Waals surface area contributed by atoms with Gasteiger partial charge in [-0.1, -0.05) is 18.2 Å². The molecule has 3 rings (SSSR count). The van der Waals surface area contributed by atoms with Crippen LogP contribution in [0.3, 0.4) is 0 Å². The molecular weight excluding hydrogens is 236 g/mol. The maximum absolute atomic E-state index is 12.2. The quantitative estimate of drug-likeness (QED) is 0.745. The fraction of sp³-hybridized carbons (Fsp3) is 0.333. The fourth-order valence-electron chi connectivity index (χ4n) is 2.45. The van der Waals surface area contributed by atoms with Crippen molar-refractivity contribution in [1.29, 1.82) is 0 Å². The monoisotopic (exact) mass is 248 g/mol. The molecule has 0 saturated carbocycles. The van der Waals surface area contributed by atoms with Gasteiger partial charge in [0.2, 0.25) is 0 Å². The van der Waals surface area contributed by atoms with E-state index in [0.29, 0.717) is 18.1 Å². The summed E-state index contributed by atoms with van der Waals surface area (Å²) in [5.74, 6) is -0.0299. The molecule has 0 bridgehead atoms. The third kappa shape index (κ3) is 1.54. The van der Waals surface area contributed by atoms with Gasteiger partial charge in [0.15, 0.2) is 5.11 Å². The number of benzene rings is 1. The number of amides is 1. The summed E-state index contributed by atoms with van der Waals surface area (Å²) in [6, 6.07) is 9.11. The van der Waals surface area contributed by atoms with Crippen molar-refractivity contribution in [2.24, 2.45) is 0 Å². The maximum atomic E-state index is 12.2. The van der Waals surface area contributed by atoms with Crippen molar-refractivity contribution in [3.8, 4) is 0 Å². The van der Waals surface area contributed by atoms with Crippen LogP contribution in [0.15, 0.2) is 30.3 Å². The van der Waals surface area contributed by atoms with Gasteiger partial charge < -0.3 is 10.0 Å². The van der Waals surface area contributed by atoms with E-state index in [1.165, 1.54) is 0 Å². The van der Waals surface area contributed by atoms with E-state index in [4.69, 9.17) is 12.2 Å². The molecule has 0 radical (unpaired) electrons. The Hall–Kier alpha value is -1.46. The summed E-state index contributed by atoms with van der Waals surface area (Å²) in [6.07, 6.45) is 0.0299. The number of thiocarbonyl (C=S) groups is 1. The van der Waals surface area contributed by atoms with Crippen molar-refractivity contribution in [3.63, 3.8) is 0 Å². The highest BCUT2D eigenvalue weighted by Crippen LogP contribution is 2.31. The molecule has 1 aromatic carbocycles. The lowest BCUT2D eigenvalue weighted by Gasteiger charge is -2.19. The van der Waals surface area contributed by atoms with Crippen molar-refractivity contribution in [2.75, 3.05) is 11.4 Å². The second-order valence-electron chi connectivity index (χ2n) is 4.35. The predicted octanol–water partition coefficient (Wildman–Crippen LogP) is 0.753.